The quantitative estimate of drug-likeness (QED) is 0.789. The normalized spacial score (nSPS) is 17.5. The van der Waals surface area contributed by atoms with Gasteiger partial charge in [-0.1, -0.05) is 12.8 Å². The molecule has 2 rings (SSSR count). The largest absolute Gasteiger partial charge is 0.473 e. The number of nitriles is 1. The summed E-state index contributed by atoms with van der Waals surface area (Å²) in [5, 5.41) is 11.7. The summed E-state index contributed by atoms with van der Waals surface area (Å²) in [7, 11) is 0. The van der Waals surface area contributed by atoms with Gasteiger partial charge in [0.15, 0.2) is 6.23 Å². The third-order valence-corrected chi connectivity index (χ3v) is 4.09. The molecule has 0 aromatic heterocycles. The molecule has 22 heavy (non-hydrogen) atoms. The van der Waals surface area contributed by atoms with Crippen LogP contribution in [-0.4, -0.2) is 18.2 Å². The Morgan fingerprint density at radius 3 is 2.64 bits per heavy atom. The molecule has 1 aromatic rings. The Morgan fingerprint density at radius 2 is 2.05 bits per heavy atom. The molecule has 1 saturated carbocycles. The van der Waals surface area contributed by atoms with Crippen LogP contribution in [0.2, 0.25) is 0 Å². The fourth-order valence-corrected chi connectivity index (χ4v) is 2.74. The van der Waals surface area contributed by atoms with Crippen molar-refractivity contribution in [2.75, 3.05) is 0 Å². The Morgan fingerprint density at radius 1 is 1.41 bits per heavy atom. The van der Waals surface area contributed by atoms with Crippen molar-refractivity contribution >= 4 is 5.91 Å². The molecule has 1 aliphatic rings. The third kappa shape index (κ3) is 4.74. The highest BCUT2D eigenvalue weighted by molar-refractivity contribution is 5.76. The summed E-state index contributed by atoms with van der Waals surface area (Å²) in [5.41, 5.74) is 6.54. The van der Waals surface area contributed by atoms with Gasteiger partial charge in [-0.25, -0.2) is 0 Å². The lowest BCUT2D eigenvalue weighted by atomic mass is 10.0. The monoisotopic (exact) mass is 301 g/mol. The fourth-order valence-electron chi connectivity index (χ4n) is 2.74. The number of carbonyl (C=O) groups is 1. The van der Waals surface area contributed by atoms with Gasteiger partial charge in [0.25, 0.3) is 0 Å². The molecule has 0 bridgehead atoms. The number of nitrogens with one attached hydrogen (secondary N) is 1. The SMILES string of the molecule is CC(NC(=O)CC1CCCC1)C(N)Oc1ccc(C#N)cc1. The van der Waals surface area contributed by atoms with Crippen LogP contribution in [0.4, 0.5) is 0 Å². The predicted octanol–water partition coefficient (Wildman–Crippen LogP) is 2.31. The minimum Gasteiger partial charge on any atom is -0.473 e. The number of rotatable bonds is 6. The predicted molar refractivity (Wildman–Crippen MR) is 83.9 cm³/mol. The first kappa shape index (κ1) is 16.3. The van der Waals surface area contributed by atoms with Crippen molar-refractivity contribution in [1.29, 1.82) is 5.26 Å². The number of carbonyl (C=O) groups excluding carboxylic acids is 1. The highest BCUT2D eigenvalue weighted by atomic mass is 16.5. The zero-order chi connectivity index (χ0) is 15.9. The zero-order valence-electron chi connectivity index (χ0n) is 12.9. The van der Waals surface area contributed by atoms with Crippen LogP contribution < -0.4 is 15.8 Å². The van der Waals surface area contributed by atoms with E-state index in [0.29, 0.717) is 23.7 Å². The summed E-state index contributed by atoms with van der Waals surface area (Å²) < 4.78 is 5.60. The van der Waals surface area contributed by atoms with Crippen LogP contribution in [0.15, 0.2) is 24.3 Å². The van der Waals surface area contributed by atoms with Crippen molar-refractivity contribution in [2.45, 2.75) is 51.3 Å². The lowest BCUT2D eigenvalue weighted by Crippen LogP contribution is -2.49. The smallest absolute Gasteiger partial charge is 0.220 e. The molecule has 3 N–H and O–H groups in total. The van der Waals surface area contributed by atoms with Gasteiger partial charge < -0.3 is 10.1 Å². The summed E-state index contributed by atoms with van der Waals surface area (Å²) in [4.78, 5) is 12.0. The topological polar surface area (TPSA) is 88.1 Å². The van der Waals surface area contributed by atoms with Gasteiger partial charge >= 0.3 is 0 Å². The molecule has 0 radical (unpaired) electrons. The first-order chi connectivity index (χ1) is 10.6. The maximum Gasteiger partial charge on any atom is 0.220 e. The van der Waals surface area contributed by atoms with Gasteiger partial charge in [-0.2, -0.15) is 5.26 Å². The van der Waals surface area contributed by atoms with E-state index in [1.807, 2.05) is 13.0 Å². The van der Waals surface area contributed by atoms with Crippen LogP contribution in [0.3, 0.4) is 0 Å². The van der Waals surface area contributed by atoms with Crippen LogP contribution >= 0.6 is 0 Å². The molecule has 0 spiro atoms. The van der Waals surface area contributed by atoms with E-state index in [9.17, 15) is 4.79 Å². The average molecular weight is 301 g/mol. The molecule has 0 saturated heterocycles. The van der Waals surface area contributed by atoms with Gasteiger partial charge in [-0.05, 0) is 49.9 Å². The minimum atomic E-state index is -0.625. The molecule has 5 heteroatoms. The summed E-state index contributed by atoms with van der Waals surface area (Å²) in [6.07, 6.45) is 4.71. The molecule has 1 amide bonds. The van der Waals surface area contributed by atoms with Gasteiger partial charge in [-0.15, -0.1) is 0 Å². The summed E-state index contributed by atoms with van der Waals surface area (Å²) in [6, 6.07) is 8.52. The van der Waals surface area contributed by atoms with Crippen molar-refractivity contribution < 1.29 is 9.53 Å². The number of hydrogen-bond acceptors (Lipinski definition) is 4. The Labute approximate surface area is 131 Å². The molecule has 2 unspecified atom stereocenters. The molecule has 118 valence electrons. The third-order valence-electron chi connectivity index (χ3n) is 4.09. The molecule has 1 aromatic carbocycles. The Bertz CT molecular complexity index is 530. The molecule has 2 atom stereocenters. The molecule has 0 aliphatic heterocycles. The lowest BCUT2D eigenvalue weighted by Gasteiger charge is -2.23. The van der Waals surface area contributed by atoms with Gasteiger partial charge in [0, 0.05) is 6.42 Å². The highest BCUT2D eigenvalue weighted by Gasteiger charge is 2.21. The number of hydrogen-bond donors (Lipinski definition) is 2. The van der Waals surface area contributed by atoms with Gasteiger partial charge in [0.1, 0.15) is 5.75 Å². The van der Waals surface area contributed by atoms with Gasteiger partial charge in [0.2, 0.25) is 5.91 Å². The van der Waals surface area contributed by atoms with E-state index in [4.69, 9.17) is 15.7 Å². The molecular weight excluding hydrogens is 278 g/mol. The van der Waals surface area contributed by atoms with Gasteiger partial charge in [0.05, 0.1) is 17.7 Å². The second-order valence-corrected chi connectivity index (χ2v) is 5.93. The van der Waals surface area contributed by atoms with E-state index >= 15 is 0 Å². The molecule has 5 nitrogen and oxygen atoms in total. The molecule has 1 aliphatic carbocycles. The van der Waals surface area contributed by atoms with Crippen molar-refractivity contribution in [1.82, 2.24) is 5.32 Å². The summed E-state index contributed by atoms with van der Waals surface area (Å²) in [5.74, 6) is 1.14. The van der Waals surface area contributed by atoms with Crippen LogP contribution in [0.1, 0.15) is 44.6 Å². The summed E-state index contributed by atoms with van der Waals surface area (Å²) >= 11 is 0. The first-order valence-electron chi connectivity index (χ1n) is 7.80. The first-order valence-corrected chi connectivity index (χ1v) is 7.80. The average Bonchev–Trinajstić information content (AvgIpc) is 3.00. The van der Waals surface area contributed by atoms with E-state index in [1.165, 1.54) is 12.8 Å². The Kier molecular flexibility index (Phi) is 5.79. The maximum absolute atomic E-state index is 12.0. The molecular formula is C17H23N3O2. The van der Waals surface area contributed by atoms with Crippen molar-refractivity contribution in [3.05, 3.63) is 29.8 Å². The lowest BCUT2D eigenvalue weighted by molar-refractivity contribution is -0.123. The van der Waals surface area contributed by atoms with E-state index < -0.39 is 6.23 Å². The second-order valence-electron chi connectivity index (χ2n) is 5.93. The van der Waals surface area contributed by atoms with Crippen LogP contribution in [0, 0.1) is 17.2 Å². The van der Waals surface area contributed by atoms with Gasteiger partial charge in [-0.3, -0.25) is 10.5 Å². The van der Waals surface area contributed by atoms with Crippen molar-refractivity contribution in [3.63, 3.8) is 0 Å². The van der Waals surface area contributed by atoms with Crippen molar-refractivity contribution in [2.24, 2.45) is 11.7 Å². The number of ether oxygens (including phenoxy) is 1. The van der Waals surface area contributed by atoms with Crippen LogP contribution in [0.25, 0.3) is 0 Å². The number of nitrogens with zero attached hydrogens (tertiary/aromatic N) is 1. The fraction of sp³-hybridized carbons (Fsp3) is 0.529. The molecule has 1 fully saturated rings. The van der Waals surface area contributed by atoms with E-state index in [1.54, 1.807) is 24.3 Å². The van der Waals surface area contributed by atoms with E-state index in [0.717, 1.165) is 12.8 Å². The second kappa shape index (κ2) is 7.81. The van der Waals surface area contributed by atoms with E-state index in [-0.39, 0.29) is 11.9 Å². The van der Waals surface area contributed by atoms with Crippen molar-refractivity contribution in [3.8, 4) is 11.8 Å². The van der Waals surface area contributed by atoms with Crippen LogP contribution in [-0.2, 0) is 4.79 Å². The maximum atomic E-state index is 12.0. The number of amides is 1. The Hall–Kier alpha value is -2.06. The number of nitrogens with two attached hydrogens (primary N) is 1. The number of benzene rings is 1. The minimum absolute atomic E-state index is 0.0401. The van der Waals surface area contributed by atoms with E-state index in [2.05, 4.69) is 5.32 Å². The molecule has 0 heterocycles. The highest BCUT2D eigenvalue weighted by Crippen LogP contribution is 2.27. The van der Waals surface area contributed by atoms with Crippen LogP contribution in [0.5, 0.6) is 5.75 Å². The zero-order valence-corrected chi connectivity index (χ0v) is 12.9. The summed E-state index contributed by atoms with van der Waals surface area (Å²) in [6.45, 7) is 1.83. The standard InChI is InChI=1S/C17H23N3O2/c1-12(20-16(21)10-13-4-2-3-5-13)17(19)22-15-8-6-14(11-18)7-9-15/h6-9,12-13,17H,2-5,10,19H2,1H3,(H,20,21). The Balaban J connectivity index is 1.79.